The molecule has 0 radical (unpaired) electrons. The van der Waals surface area contributed by atoms with Crippen LogP contribution in [0.4, 0.5) is 0 Å². The maximum atomic E-state index is 10.1. The fraction of sp³-hybridized carbons (Fsp3) is 0.538. The molecule has 0 aliphatic rings. The number of rotatable bonds is 5. The van der Waals surface area contributed by atoms with Crippen LogP contribution in [-0.2, 0) is 0 Å². The first kappa shape index (κ1) is 14.0. The molecule has 0 aliphatic carbocycles. The fourth-order valence-electron chi connectivity index (χ4n) is 2.04. The summed E-state index contributed by atoms with van der Waals surface area (Å²) < 4.78 is 5.15. The molecule has 0 saturated heterocycles. The summed E-state index contributed by atoms with van der Waals surface area (Å²) in [6, 6.07) is 3.70. The summed E-state index contributed by atoms with van der Waals surface area (Å²) in [5.41, 5.74) is 7.95. The molecular weight excluding hydrogens is 218 g/mol. The lowest BCUT2D eigenvalue weighted by Crippen LogP contribution is -2.23. The zero-order valence-corrected chi connectivity index (χ0v) is 10.6. The number of methoxy groups -OCH3 is 1. The van der Waals surface area contributed by atoms with E-state index in [1.54, 1.807) is 7.11 Å². The molecule has 4 heteroatoms. The molecule has 2 atom stereocenters. The Bertz CT molecular complexity index is 356. The van der Waals surface area contributed by atoms with Crippen LogP contribution in [0.2, 0.25) is 0 Å². The molecule has 2 unspecified atom stereocenters. The van der Waals surface area contributed by atoms with E-state index in [0.29, 0.717) is 13.0 Å². The fourth-order valence-corrected chi connectivity index (χ4v) is 2.04. The third-order valence-corrected chi connectivity index (χ3v) is 2.93. The van der Waals surface area contributed by atoms with Gasteiger partial charge in [0.25, 0.3) is 0 Å². The van der Waals surface area contributed by atoms with Gasteiger partial charge in [0, 0.05) is 0 Å². The number of aliphatic hydroxyl groups is 2. The molecule has 0 aromatic heterocycles. The maximum absolute atomic E-state index is 10.1. The zero-order chi connectivity index (χ0) is 13.0. The second-order valence-corrected chi connectivity index (χ2v) is 4.26. The third-order valence-electron chi connectivity index (χ3n) is 2.93. The second-order valence-electron chi connectivity index (χ2n) is 4.26. The van der Waals surface area contributed by atoms with E-state index in [-0.39, 0.29) is 0 Å². The normalized spacial score (nSPS) is 14.5. The van der Waals surface area contributed by atoms with Crippen molar-refractivity contribution in [1.82, 2.24) is 0 Å². The Morgan fingerprint density at radius 3 is 2.18 bits per heavy atom. The van der Waals surface area contributed by atoms with Crippen molar-refractivity contribution in [2.75, 3.05) is 13.7 Å². The summed E-state index contributed by atoms with van der Waals surface area (Å²) in [5, 5.41) is 19.9. The monoisotopic (exact) mass is 239 g/mol. The average Bonchev–Trinajstić information content (AvgIpc) is 2.28. The van der Waals surface area contributed by atoms with Crippen molar-refractivity contribution >= 4 is 0 Å². The van der Waals surface area contributed by atoms with Crippen molar-refractivity contribution in [2.24, 2.45) is 5.73 Å². The number of hydrogen-bond donors (Lipinski definition) is 3. The van der Waals surface area contributed by atoms with Crippen LogP contribution in [0.3, 0.4) is 0 Å². The Labute approximate surface area is 102 Å². The predicted molar refractivity (Wildman–Crippen MR) is 67.1 cm³/mol. The van der Waals surface area contributed by atoms with Crippen molar-refractivity contribution in [1.29, 1.82) is 0 Å². The van der Waals surface area contributed by atoms with Crippen LogP contribution in [0.15, 0.2) is 12.1 Å². The molecule has 1 rings (SSSR count). The van der Waals surface area contributed by atoms with Gasteiger partial charge in [-0.15, -0.1) is 0 Å². The summed E-state index contributed by atoms with van der Waals surface area (Å²) in [7, 11) is 1.60. The van der Waals surface area contributed by atoms with Gasteiger partial charge in [0.1, 0.15) is 11.9 Å². The number of ether oxygens (including phenoxy) is 1. The van der Waals surface area contributed by atoms with Crippen LogP contribution < -0.4 is 10.5 Å². The Morgan fingerprint density at radius 1 is 1.24 bits per heavy atom. The third kappa shape index (κ3) is 3.19. The zero-order valence-electron chi connectivity index (χ0n) is 10.6. The van der Waals surface area contributed by atoms with Gasteiger partial charge in [-0.3, -0.25) is 0 Å². The molecule has 4 N–H and O–H groups in total. The van der Waals surface area contributed by atoms with Crippen molar-refractivity contribution < 1.29 is 14.9 Å². The highest BCUT2D eigenvalue weighted by atomic mass is 16.5. The summed E-state index contributed by atoms with van der Waals surface area (Å²) in [6.07, 6.45) is -1.35. The molecule has 0 saturated carbocycles. The van der Waals surface area contributed by atoms with E-state index < -0.39 is 12.2 Å². The van der Waals surface area contributed by atoms with E-state index >= 15 is 0 Å². The molecule has 0 bridgehead atoms. The molecule has 0 spiro atoms. The van der Waals surface area contributed by atoms with E-state index in [1.807, 2.05) is 26.0 Å². The summed E-state index contributed by atoms with van der Waals surface area (Å²) in [5.74, 6) is 0.754. The smallest absolute Gasteiger partial charge is 0.119 e. The second kappa shape index (κ2) is 6.00. The van der Waals surface area contributed by atoms with Gasteiger partial charge in [-0.25, -0.2) is 0 Å². The lowest BCUT2D eigenvalue weighted by atomic mass is 9.93. The van der Waals surface area contributed by atoms with Crippen LogP contribution in [-0.4, -0.2) is 30.0 Å². The molecule has 0 fully saturated rings. The Hall–Kier alpha value is -1.10. The predicted octanol–water partition coefficient (Wildman–Crippen LogP) is 1.06. The van der Waals surface area contributed by atoms with Crippen molar-refractivity contribution in [3.05, 3.63) is 28.8 Å². The van der Waals surface area contributed by atoms with Gasteiger partial charge in [0.15, 0.2) is 0 Å². The minimum atomic E-state index is -0.899. The summed E-state index contributed by atoms with van der Waals surface area (Å²) in [4.78, 5) is 0. The molecule has 0 heterocycles. The van der Waals surface area contributed by atoms with Crippen LogP contribution in [0.25, 0.3) is 0 Å². The first-order valence-electron chi connectivity index (χ1n) is 5.72. The highest BCUT2D eigenvalue weighted by molar-refractivity contribution is 5.42. The molecule has 0 aliphatic heterocycles. The summed E-state index contributed by atoms with van der Waals surface area (Å²) >= 11 is 0. The van der Waals surface area contributed by atoms with Crippen LogP contribution >= 0.6 is 0 Å². The van der Waals surface area contributed by atoms with Crippen molar-refractivity contribution in [3.63, 3.8) is 0 Å². The van der Waals surface area contributed by atoms with Gasteiger partial charge >= 0.3 is 0 Å². The van der Waals surface area contributed by atoms with Gasteiger partial charge in [0.05, 0.1) is 13.2 Å². The quantitative estimate of drug-likeness (QED) is 0.718. The van der Waals surface area contributed by atoms with Gasteiger partial charge in [-0.05, 0) is 55.6 Å². The van der Waals surface area contributed by atoms with E-state index in [9.17, 15) is 10.2 Å². The Morgan fingerprint density at radius 2 is 1.76 bits per heavy atom. The standard InChI is InChI=1S/C13H21NO3/c1-8-6-10(17-3)7-9(2)12(8)13(16)11(15)4-5-14/h6-7,11,13,15-16H,4-5,14H2,1-3H3. The SMILES string of the molecule is COc1cc(C)c(C(O)C(O)CCN)c(C)c1. The number of benzene rings is 1. The average molecular weight is 239 g/mol. The first-order valence-corrected chi connectivity index (χ1v) is 5.72. The Balaban J connectivity index is 3.05. The Kier molecular flexibility index (Phi) is 4.93. The molecule has 0 amide bonds. The molecule has 96 valence electrons. The highest BCUT2D eigenvalue weighted by Crippen LogP contribution is 2.29. The van der Waals surface area contributed by atoms with E-state index in [4.69, 9.17) is 10.5 Å². The lowest BCUT2D eigenvalue weighted by molar-refractivity contribution is 0.0142. The van der Waals surface area contributed by atoms with Gasteiger partial charge in [0.2, 0.25) is 0 Å². The highest BCUT2D eigenvalue weighted by Gasteiger charge is 2.21. The molecule has 17 heavy (non-hydrogen) atoms. The maximum Gasteiger partial charge on any atom is 0.119 e. The van der Waals surface area contributed by atoms with Crippen LogP contribution in [0, 0.1) is 13.8 Å². The van der Waals surface area contributed by atoms with E-state index in [1.165, 1.54) is 0 Å². The van der Waals surface area contributed by atoms with Crippen LogP contribution in [0.1, 0.15) is 29.2 Å². The molecule has 1 aromatic carbocycles. The number of aliphatic hydroxyl groups excluding tert-OH is 2. The van der Waals surface area contributed by atoms with E-state index in [2.05, 4.69) is 0 Å². The van der Waals surface area contributed by atoms with Crippen LogP contribution in [0.5, 0.6) is 5.75 Å². The minimum absolute atomic E-state index is 0.354. The van der Waals surface area contributed by atoms with Gasteiger partial charge in [-0.1, -0.05) is 0 Å². The first-order chi connectivity index (χ1) is 8.01. The number of aryl methyl sites for hydroxylation is 2. The minimum Gasteiger partial charge on any atom is -0.497 e. The van der Waals surface area contributed by atoms with Crippen molar-refractivity contribution in [2.45, 2.75) is 32.5 Å². The van der Waals surface area contributed by atoms with Crippen molar-refractivity contribution in [3.8, 4) is 5.75 Å². The largest absolute Gasteiger partial charge is 0.497 e. The molecule has 1 aromatic rings. The van der Waals surface area contributed by atoms with E-state index in [0.717, 1.165) is 22.4 Å². The number of hydrogen-bond acceptors (Lipinski definition) is 4. The molecule has 4 nitrogen and oxygen atoms in total. The molecular formula is C13H21NO3. The lowest BCUT2D eigenvalue weighted by Gasteiger charge is -2.22. The van der Waals surface area contributed by atoms with Gasteiger partial charge < -0.3 is 20.7 Å². The summed E-state index contributed by atoms with van der Waals surface area (Å²) in [6.45, 7) is 4.14. The topological polar surface area (TPSA) is 75.7 Å². The number of nitrogens with two attached hydrogens (primary N) is 1. The van der Waals surface area contributed by atoms with Gasteiger partial charge in [-0.2, -0.15) is 0 Å².